The van der Waals surface area contributed by atoms with Crippen molar-refractivity contribution in [3.8, 4) is 0 Å². The van der Waals surface area contributed by atoms with Crippen LogP contribution >= 0.6 is 0 Å². The molecule has 8 heterocycles. The van der Waals surface area contributed by atoms with Gasteiger partial charge in [0, 0.05) is 60.4 Å². The second kappa shape index (κ2) is 17.0. The summed E-state index contributed by atoms with van der Waals surface area (Å²) >= 11 is 0. The summed E-state index contributed by atoms with van der Waals surface area (Å²) in [5.41, 5.74) is 30.2. The number of rotatable bonds is 10. The molecule has 6 N–H and O–H groups in total. The Labute approximate surface area is 393 Å². The zero-order chi connectivity index (χ0) is 46.8. The number of nitrogens with two attached hydrogens (primary N) is 2. The molecule has 0 spiro atoms. The second-order valence-electron chi connectivity index (χ2n) is 18.0. The van der Waals surface area contributed by atoms with Gasteiger partial charge >= 0.3 is 0 Å². The zero-order valence-corrected chi connectivity index (χ0v) is 38.2. The van der Waals surface area contributed by atoms with Crippen LogP contribution in [0.3, 0.4) is 0 Å². The van der Waals surface area contributed by atoms with Gasteiger partial charge in [0.1, 0.15) is 36.1 Å². The summed E-state index contributed by atoms with van der Waals surface area (Å²) in [5.74, 6) is 0.754. The van der Waals surface area contributed by atoms with Gasteiger partial charge in [-0.3, -0.25) is 19.0 Å². The molecule has 0 aliphatic carbocycles. The van der Waals surface area contributed by atoms with Crippen LogP contribution in [0.5, 0.6) is 0 Å². The number of benzene rings is 4. The van der Waals surface area contributed by atoms with Crippen LogP contribution in [0, 0.1) is 27.7 Å². The first-order valence-corrected chi connectivity index (χ1v) is 22.8. The molecule has 2 amide bonds. The monoisotopic (exact) mass is 902 g/mol. The van der Waals surface area contributed by atoms with Crippen LogP contribution in [0.2, 0.25) is 0 Å². The lowest BCUT2D eigenvalue weighted by atomic mass is 9.84. The standard InChI is InChI=1S/2C27H25N5O2/c1-15-10-24(28)31-16(2)23(15)13-29-27(33)18-5-7-20-22(12-18)26-19-6-4-17(11-21(19)25(20)34-26)14-32-9-3-8-30-32;1-15-10-24(28)31-16(2)23(15)13-29-27(33)18-5-7-20-22(12-18)26-21-11-17(14-32-9-3-8-30-32)4-6-19(21)25(20)34-26/h2*3-12,25-26H,13-14H2,1-2H3,(H2,28,31)(H,29,33). The first-order chi connectivity index (χ1) is 32.9. The van der Waals surface area contributed by atoms with E-state index < -0.39 is 0 Å². The fraction of sp³-hybridized carbons (Fsp3) is 0.222. The average Bonchev–Trinajstić information content (AvgIpc) is 4.20. The van der Waals surface area contributed by atoms with E-state index in [1.165, 1.54) is 33.4 Å². The molecule has 4 bridgehead atoms. The molecule has 0 saturated heterocycles. The number of pyridine rings is 2. The van der Waals surface area contributed by atoms with Crippen molar-refractivity contribution in [3.63, 3.8) is 0 Å². The first kappa shape index (κ1) is 42.7. The van der Waals surface area contributed by atoms with Gasteiger partial charge in [-0.25, -0.2) is 9.97 Å². The number of anilines is 2. The molecule has 4 atom stereocenters. The van der Waals surface area contributed by atoms with E-state index >= 15 is 0 Å². The molecule has 0 fully saturated rings. The fourth-order valence-electron chi connectivity index (χ4n) is 10.3. The third kappa shape index (κ3) is 7.76. The van der Waals surface area contributed by atoms with E-state index in [0.29, 0.717) is 42.4 Å². The molecule has 4 aliphatic heterocycles. The molecule has 8 aromatic rings. The summed E-state index contributed by atoms with van der Waals surface area (Å²) in [5, 5.41) is 14.7. The quantitative estimate of drug-likeness (QED) is 0.105. The minimum absolute atomic E-state index is 0.0722. The SMILES string of the molecule is Cc1cc(N)nc(C)c1CNC(=O)c1ccc2c(c1)C1OC2c2cc(Cn3cccn3)ccc21.Cc1cc(N)nc(C)c1CNC(=O)c1ccc2c(c1)C1OC2c2ccc(Cn3cccn3)cc21. The molecule has 0 radical (unpaired) electrons. The molecule has 14 nitrogen and oxygen atoms in total. The largest absolute Gasteiger partial charge is 0.384 e. The first-order valence-electron chi connectivity index (χ1n) is 22.8. The molecule has 0 saturated carbocycles. The van der Waals surface area contributed by atoms with E-state index in [1.807, 2.05) is 110 Å². The van der Waals surface area contributed by atoms with E-state index in [0.717, 1.165) is 62.4 Å². The number of ether oxygens (including phenoxy) is 2. The fourth-order valence-corrected chi connectivity index (χ4v) is 10.3. The van der Waals surface area contributed by atoms with Gasteiger partial charge in [0.15, 0.2) is 0 Å². The highest BCUT2D eigenvalue weighted by atomic mass is 16.5. The van der Waals surface area contributed by atoms with Crippen LogP contribution in [0.4, 0.5) is 11.6 Å². The van der Waals surface area contributed by atoms with Crippen LogP contribution < -0.4 is 22.1 Å². The van der Waals surface area contributed by atoms with Gasteiger partial charge < -0.3 is 31.6 Å². The number of hydrogen-bond donors (Lipinski definition) is 4. The van der Waals surface area contributed by atoms with E-state index in [9.17, 15) is 9.59 Å². The maximum absolute atomic E-state index is 13.0. The van der Waals surface area contributed by atoms with Crippen LogP contribution in [-0.4, -0.2) is 41.3 Å². The minimum Gasteiger partial charge on any atom is -0.384 e. The Bertz CT molecular complexity index is 3250. The van der Waals surface area contributed by atoms with E-state index in [-0.39, 0.29) is 36.2 Å². The van der Waals surface area contributed by atoms with Crippen LogP contribution in [0.15, 0.2) is 122 Å². The lowest BCUT2D eigenvalue weighted by molar-refractivity contribution is 0.0855. The normalized spacial score (nSPS) is 17.5. The van der Waals surface area contributed by atoms with Crippen LogP contribution in [0.25, 0.3) is 0 Å². The molecule has 4 unspecified atom stereocenters. The Morgan fingerprint density at radius 2 is 0.912 bits per heavy atom. The van der Waals surface area contributed by atoms with Gasteiger partial charge in [-0.05, 0) is 154 Å². The predicted molar refractivity (Wildman–Crippen MR) is 257 cm³/mol. The smallest absolute Gasteiger partial charge is 0.251 e. The molecule has 14 heteroatoms. The molecule has 4 aromatic carbocycles. The Morgan fingerprint density at radius 3 is 1.31 bits per heavy atom. The number of carbonyl (C=O) groups is 2. The van der Waals surface area contributed by atoms with Crippen molar-refractivity contribution in [3.05, 3.63) is 222 Å². The summed E-state index contributed by atoms with van der Waals surface area (Å²) in [4.78, 5) is 34.6. The summed E-state index contributed by atoms with van der Waals surface area (Å²) < 4.78 is 16.5. The average molecular weight is 903 g/mol. The number of nitrogen functional groups attached to an aromatic ring is 2. The molecular formula is C54H50N10O4. The highest BCUT2D eigenvalue weighted by molar-refractivity contribution is 5.95. The Morgan fingerprint density at radius 1 is 0.529 bits per heavy atom. The highest BCUT2D eigenvalue weighted by Crippen LogP contribution is 2.55. The van der Waals surface area contributed by atoms with Gasteiger partial charge in [0.2, 0.25) is 0 Å². The number of nitrogens with one attached hydrogen (secondary N) is 2. The van der Waals surface area contributed by atoms with Crippen molar-refractivity contribution >= 4 is 23.5 Å². The van der Waals surface area contributed by atoms with Crippen LogP contribution in [0.1, 0.15) is 134 Å². The number of hydrogen-bond acceptors (Lipinski definition) is 10. The Balaban J connectivity index is 0.000000149. The molecule has 4 aromatic heterocycles. The van der Waals surface area contributed by atoms with Crippen molar-refractivity contribution in [2.24, 2.45) is 0 Å². The number of amides is 2. The number of aromatic nitrogens is 6. The third-order valence-electron chi connectivity index (χ3n) is 13.6. The Hall–Kier alpha value is -7.94. The maximum atomic E-state index is 13.0. The molecule has 4 aliphatic rings. The summed E-state index contributed by atoms with van der Waals surface area (Å²) in [6, 6.07) is 32.3. The topological polar surface area (TPSA) is 190 Å². The number of aryl methyl sites for hydroxylation is 4. The molecule has 12 rings (SSSR count). The number of fused-ring (bicyclic) bond motifs is 16. The van der Waals surface area contributed by atoms with Crippen molar-refractivity contribution in [2.75, 3.05) is 11.5 Å². The lowest BCUT2D eigenvalue weighted by Gasteiger charge is -2.18. The third-order valence-corrected chi connectivity index (χ3v) is 13.6. The molecule has 68 heavy (non-hydrogen) atoms. The minimum atomic E-state index is -0.147. The summed E-state index contributed by atoms with van der Waals surface area (Å²) in [6.07, 6.45) is 7.06. The van der Waals surface area contributed by atoms with Gasteiger partial charge in [-0.1, -0.05) is 48.5 Å². The number of carbonyl (C=O) groups excluding carboxylic acids is 2. The van der Waals surface area contributed by atoms with E-state index in [1.54, 1.807) is 12.4 Å². The van der Waals surface area contributed by atoms with Gasteiger partial charge in [-0.15, -0.1) is 0 Å². The lowest BCUT2D eigenvalue weighted by Crippen LogP contribution is -2.24. The van der Waals surface area contributed by atoms with Gasteiger partial charge in [-0.2, -0.15) is 10.2 Å². The molecular weight excluding hydrogens is 853 g/mol. The van der Waals surface area contributed by atoms with Crippen molar-refractivity contribution in [1.82, 2.24) is 40.2 Å². The zero-order valence-electron chi connectivity index (χ0n) is 38.2. The van der Waals surface area contributed by atoms with Crippen molar-refractivity contribution in [1.29, 1.82) is 0 Å². The second-order valence-corrected chi connectivity index (χ2v) is 18.0. The predicted octanol–water partition coefficient (Wildman–Crippen LogP) is 7.96. The van der Waals surface area contributed by atoms with Gasteiger partial charge in [0.25, 0.3) is 11.8 Å². The summed E-state index contributed by atoms with van der Waals surface area (Å²) in [7, 11) is 0. The highest BCUT2D eigenvalue weighted by Gasteiger charge is 2.44. The maximum Gasteiger partial charge on any atom is 0.251 e. The Kier molecular flexibility index (Phi) is 10.7. The van der Waals surface area contributed by atoms with E-state index in [2.05, 4.69) is 67.2 Å². The van der Waals surface area contributed by atoms with E-state index in [4.69, 9.17) is 20.9 Å². The van der Waals surface area contributed by atoms with Gasteiger partial charge in [0.05, 0.1) is 13.1 Å². The summed E-state index contributed by atoms with van der Waals surface area (Å²) in [6.45, 7) is 10.0. The van der Waals surface area contributed by atoms with Crippen LogP contribution in [-0.2, 0) is 35.7 Å². The van der Waals surface area contributed by atoms with Crippen molar-refractivity contribution < 1.29 is 19.1 Å². The number of nitrogens with zero attached hydrogens (tertiary/aromatic N) is 6. The van der Waals surface area contributed by atoms with Crippen molar-refractivity contribution in [2.45, 2.75) is 78.3 Å². The molecule has 340 valence electrons.